The number of hydrogen-bond acceptors (Lipinski definition) is 3. The van der Waals surface area contributed by atoms with Gasteiger partial charge in [-0.3, -0.25) is 0 Å². The third kappa shape index (κ3) is 2.62. The van der Waals surface area contributed by atoms with Gasteiger partial charge in [-0.25, -0.2) is 0 Å². The van der Waals surface area contributed by atoms with E-state index >= 15 is 0 Å². The molecule has 0 fully saturated rings. The van der Waals surface area contributed by atoms with Crippen LogP contribution in [0.2, 0.25) is 18.1 Å². The van der Waals surface area contributed by atoms with E-state index in [9.17, 15) is 5.11 Å². The topological polar surface area (TPSA) is 38.7 Å². The lowest BCUT2D eigenvalue weighted by Gasteiger charge is -2.39. The smallest absolute Gasteiger partial charge is 0.277 e. The highest BCUT2D eigenvalue weighted by atomic mass is 28.4. The van der Waals surface area contributed by atoms with Gasteiger partial charge in [0, 0.05) is 17.9 Å². The molecule has 1 aliphatic carbocycles. The summed E-state index contributed by atoms with van der Waals surface area (Å²) in [5.74, 6) is 1.40. The van der Waals surface area contributed by atoms with Crippen molar-refractivity contribution in [1.29, 1.82) is 0 Å². The molecule has 0 aromatic carbocycles. The minimum atomic E-state index is -1.81. The van der Waals surface area contributed by atoms with Gasteiger partial charge >= 0.3 is 0 Å². The van der Waals surface area contributed by atoms with Gasteiger partial charge in [0.2, 0.25) is 8.32 Å². The van der Waals surface area contributed by atoms with Crippen LogP contribution in [-0.2, 0) is 9.16 Å². The van der Waals surface area contributed by atoms with Gasteiger partial charge in [0.05, 0.1) is 5.76 Å². The van der Waals surface area contributed by atoms with Crippen molar-refractivity contribution in [2.75, 3.05) is 0 Å². The summed E-state index contributed by atoms with van der Waals surface area (Å²) < 4.78 is 12.0. The van der Waals surface area contributed by atoms with E-state index in [1.165, 1.54) is 0 Å². The first-order valence-corrected chi connectivity index (χ1v) is 10.3. The normalized spacial score (nSPS) is 25.9. The van der Waals surface area contributed by atoms with Gasteiger partial charge in [-0.1, -0.05) is 20.8 Å². The van der Waals surface area contributed by atoms with Gasteiger partial charge in [0.25, 0.3) is 5.95 Å². The summed E-state index contributed by atoms with van der Waals surface area (Å²) in [7, 11) is -1.81. The van der Waals surface area contributed by atoms with Crippen LogP contribution >= 0.6 is 0 Å². The average Bonchev–Trinajstić information content (AvgIpc) is 2.47. The van der Waals surface area contributed by atoms with Gasteiger partial charge in [-0.2, -0.15) is 0 Å². The SMILES string of the molecule is CC1(C)OC(O)=C2CC(O[Si](C)(C)C(C)(C)C)=CC[C@H]21. The zero-order valence-electron chi connectivity index (χ0n) is 13.8. The van der Waals surface area contributed by atoms with Gasteiger partial charge in [-0.05, 0) is 44.5 Å². The first kappa shape index (κ1) is 15.5. The maximum atomic E-state index is 10.0. The molecule has 0 saturated heterocycles. The summed E-state index contributed by atoms with van der Waals surface area (Å²) in [5, 5.41) is 10.2. The molecule has 2 aliphatic rings. The molecule has 2 rings (SSSR count). The number of allylic oxidation sites excluding steroid dienone is 2. The molecule has 3 nitrogen and oxygen atoms in total. The third-order valence-corrected chi connectivity index (χ3v) is 9.42. The fourth-order valence-corrected chi connectivity index (χ4v) is 3.76. The number of rotatable bonds is 2. The van der Waals surface area contributed by atoms with Crippen molar-refractivity contribution in [3.05, 3.63) is 23.4 Å². The molecule has 0 aromatic heterocycles. The molecule has 0 bridgehead atoms. The summed E-state index contributed by atoms with van der Waals surface area (Å²) in [5.41, 5.74) is 0.699. The van der Waals surface area contributed by atoms with Crippen LogP contribution in [0.3, 0.4) is 0 Å². The standard InChI is InChI=1S/C16H28O3Si/c1-15(2,3)20(6,7)19-11-8-9-13-12(10-11)14(17)18-16(13,4)5/h8,13,17H,9-10H2,1-7H3/t13-/m1/s1. The summed E-state index contributed by atoms with van der Waals surface area (Å²) in [6.07, 6.45) is 3.77. The van der Waals surface area contributed by atoms with Crippen LogP contribution in [0.1, 0.15) is 47.5 Å². The molecule has 4 heteroatoms. The Balaban J connectivity index is 2.17. The number of aliphatic hydroxyl groups is 1. The molecular formula is C16H28O3Si. The van der Waals surface area contributed by atoms with Crippen LogP contribution in [0.5, 0.6) is 0 Å². The van der Waals surface area contributed by atoms with Crippen molar-refractivity contribution in [1.82, 2.24) is 0 Å². The highest BCUT2D eigenvalue weighted by Gasteiger charge is 2.46. The Kier molecular flexibility index (Phi) is 3.52. The maximum Gasteiger partial charge on any atom is 0.277 e. The van der Waals surface area contributed by atoms with Crippen LogP contribution in [-0.4, -0.2) is 19.0 Å². The highest BCUT2D eigenvalue weighted by molar-refractivity contribution is 6.74. The van der Waals surface area contributed by atoms with E-state index in [0.717, 1.165) is 17.8 Å². The van der Waals surface area contributed by atoms with Crippen molar-refractivity contribution >= 4 is 8.32 Å². The molecule has 0 amide bonds. The number of aliphatic hydroxyl groups excluding tert-OH is 1. The molecule has 0 saturated carbocycles. The fraction of sp³-hybridized carbons (Fsp3) is 0.750. The van der Waals surface area contributed by atoms with Crippen molar-refractivity contribution < 1.29 is 14.3 Å². The van der Waals surface area contributed by atoms with E-state index in [1.54, 1.807) is 0 Å². The molecule has 1 N–H and O–H groups in total. The van der Waals surface area contributed by atoms with E-state index in [2.05, 4.69) is 39.9 Å². The monoisotopic (exact) mass is 296 g/mol. The van der Waals surface area contributed by atoms with Crippen molar-refractivity contribution in [2.24, 2.45) is 5.92 Å². The van der Waals surface area contributed by atoms with Crippen molar-refractivity contribution in [3.63, 3.8) is 0 Å². The van der Waals surface area contributed by atoms with Gasteiger partial charge < -0.3 is 14.3 Å². The maximum absolute atomic E-state index is 10.0. The Bertz CT molecular complexity index is 467. The first-order chi connectivity index (χ1) is 8.94. The zero-order valence-corrected chi connectivity index (χ0v) is 14.8. The van der Waals surface area contributed by atoms with Crippen LogP contribution in [0.25, 0.3) is 0 Å². The van der Waals surface area contributed by atoms with Crippen LogP contribution < -0.4 is 0 Å². The second-order valence-electron chi connectivity index (χ2n) is 8.03. The number of hydrogen-bond donors (Lipinski definition) is 1. The van der Waals surface area contributed by atoms with Crippen LogP contribution in [0, 0.1) is 5.92 Å². The van der Waals surface area contributed by atoms with Gasteiger partial charge in [0.1, 0.15) is 5.60 Å². The third-order valence-electron chi connectivity index (χ3n) is 5.03. The second-order valence-corrected chi connectivity index (χ2v) is 12.8. The lowest BCUT2D eigenvalue weighted by molar-refractivity contribution is -0.0219. The molecule has 114 valence electrons. The van der Waals surface area contributed by atoms with E-state index in [-0.39, 0.29) is 22.5 Å². The van der Waals surface area contributed by atoms with Crippen molar-refractivity contribution in [2.45, 2.75) is 71.2 Å². The number of fused-ring (bicyclic) bond motifs is 1. The summed E-state index contributed by atoms with van der Waals surface area (Å²) in [4.78, 5) is 0. The summed E-state index contributed by atoms with van der Waals surface area (Å²) in [6, 6.07) is 0. The van der Waals surface area contributed by atoms with Crippen LogP contribution in [0.4, 0.5) is 0 Å². The summed E-state index contributed by atoms with van der Waals surface area (Å²) in [6.45, 7) is 15.3. The summed E-state index contributed by atoms with van der Waals surface area (Å²) >= 11 is 0. The Hall–Kier alpha value is -0.903. The molecule has 1 aliphatic heterocycles. The predicted octanol–water partition coefficient (Wildman–Crippen LogP) is 4.88. The highest BCUT2D eigenvalue weighted by Crippen LogP contribution is 2.47. The average molecular weight is 296 g/mol. The Morgan fingerprint density at radius 1 is 1.35 bits per heavy atom. The molecule has 0 radical (unpaired) electrons. The van der Waals surface area contributed by atoms with Crippen molar-refractivity contribution in [3.8, 4) is 0 Å². The lowest BCUT2D eigenvalue weighted by Crippen LogP contribution is -2.41. The Morgan fingerprint density at radius 2 is 1.95 bits per heavy atom. The molecular weight excluding hydrogens is 268 g/mol. The first-order valence-electron chi connectivity index (χ1n) is 7.43. The van der Waals surface area contributed by atoms with Crippen LogP contribution in [0.15, 0.2) is 23.4 Å². The Morgan fingerprint density at radius 3 is 2.50 bits per heavy atom. The van der Waals surface area contributed by atoms with E-state index in [0.29, 0.717) is 6.42 Å². The minimum Gasteiger partial charge on any atom is -0.547 e. The molecule has 0 spiro atoms. The molecule has 1 heterocycles. The Labute approximate surface area is 123 Å². The molecule has 0 unspecified atom stereocenters. The zero-order chi connectivity index (χ0) is 15.3. The quantitative estimate of drug-likeness (QED) is 0.738. The van der Waals surface area contributed by atoms with E-state index in [1.807, 2.05) is 13.8 Å². The molecule has 1 atom stereocenters. The lowest BCUT2D eigenvalue weighted by atomic mass is 9.79. The van der Waals surface area contributed by atoms with E-state index in [4.69, 9.17) is 9.16 Å². The molecule has 0 aromatic rings. The second kappa shape index (κ2) is 4.55. The minimum absolute atomic E-state index is 0.115. The van der Waals surface area contributed by atoms with E-state index < -0.39 is 8.32 Å². The van der Waals surface area contributed by atoms with Gasteiger partial charge in [0.15, 0.2) is 0 Å². The largest absolute Gasteiger partial charge is 0.547 e. The predicted molar refractivity (Wildman–Crippen MR) is 83.9 cm³/mol. The molecule has 20 heavy (non-hydrogen) atoms. The fourth-order valence-electron chi connectivity index (χ4n) is 2.65. The van der Waals surface area contributed by atoms with Gasteiger partial charge in [-0.15, -0.1) is 0 Å². The number of ether oxygens (including phenoxy) is 1.